The summed E-state index contributed by atoms with van der Waals surface area (Å²) in [6.07, 6.45) is 0. The van der Waals surface area contributed by atoms with E-state index in [4.69, 9.17) is 0 Å². The third-order valence-electron chi connectivity index (χ3n) is 2.17. The summed E-state index contributed by atoms with van der Waals surface area (Å²) in [4.78, 5) is 3.62. The summed E-state index contributed by atoms with van der Waals surface area (Å²) in [5, 5.41) is 5.50. The molecule has 1 atom stereocenters. The van der Waals surface area contributed by atoms with Gasteiger partial charge in [0.25, 0.3) is 0 Å². The van der Waals surface area contributed by atoms with Crippen LogP contribution in [-0.4, -0.2) is 32.6 Å². The lowest BCUT2D eigenvalue weighted by atomic mass is 10.1. The molecule has 0 aromatic carbocycles. The van der Waals surface area contributed by atoms with Crippen molar-refractivity contribution in [3.05, 3.63) is 21.9 Å². The number of nitrogens with zero attached hydrogens (tertiary/aromatic N) is 1. The minimum Gasteiger partial charge on any atom is -0.312 e. The Labute approximate surface area is 84.6 Å². The third-order valence-corrected chi connectivity index (χ3v) is 3.03. The Kier molecular flexibility index (Phi) is 3.90. The number of rotatable bonds is 4. The second kappa shape index (κ2) is 4.74. The van der Waals surface area contributed by atoms with Gasteiger partial charge < -0.3 is 10.2 Å². The number of hydrogen-bond acceptors (Lipinski definition) is 3. The van der Waals surface area contributed by atoms with Crippen LogP contribution in [-0.2, 0) is 0 Å². The highest BCUT2D eigenvalue weighted by molar-refractivity contribution is 7.10. The van der Waals surface area contributed by atoms with Gasteiger partial charge in [-0.15, -0.1) is 11.3 Å². The van der Waals surface area contributed by atoms with Crippen molar-refractivity contribution in [1.82, 2.24) is 10.2 Å². The third kappa shape index (κ3) is 2.79. The Morgan fingerprint density at radius 2 is 2.23 bits per heavy atom. The Morgan fingerprint density at radius 3 is 2.62 bits per heavy atom. The zero-order chi connectivity index (χ0) is 9.84. The van der Waals surface area contributed by atoms with E-state index in [2.05, 4.69) is 42.7 Å². The summed E-state index contributed by atoms with van der Waals surface area (Å²) in [5.74, 6) is 0. The van der Waals surface area contributed by atoms with Crippen molar-refractivity contribution in [3.63, 3.8) is 0 Å². The SMILES string of the molecule is CNC(CN(C)C)c1ccsc1C. The van der Waals surface area contributed by atoms with E-state index in [0.717, 1.165) is 6.54 Å². The molecule has 1 unspecified atom stereocenters. The minimum absolute atomic E-state index is 0.459. The first-order valence-corrected chi connectivity index (χ1v) is 5.39. The molecule has 0 bridgehead atoms. The average Bonchev–Trinajstić information content (AvgIpc) is 2.47. The Morgan fingerprint density at radius 1 is 1.54 bits per heavy atom. The molecular weight excluding hydrogens is 180 g/mol. The van der Waals surface area contributed by atoms with Crippen molar-refractivity contribution in [3.8, 4) is 0 Å². The first-order chi connectivity index (χ1) is 6.15. The van der Waals surface area contributed by atoms with E-state index in [1.165, 1.54) is 10.4 Å². The number of thiophene rings is 1. The Bertz CT molecular complexity index is 255. The summed E-state index contributed by atoms with van der Waals surface area (Å²) >= 11 is 1.82. The quantitative estimate of drug-likeness (QED) is 0.794. The van der Waals surface area contributed by atoms with E-state index in [1.807, 2.05) is 18.4 Å². The summed E-state index contributed by atoms with van der Waals surface area (Å²) < 4.78 is 0. The fraction of sp³-hybridized carbons (Fsp3) is 0.600. The highest BCUT2D eigenvalue weighted by atomic mass is 32.1. The monoisotopic (exact) mass is 198 g/mol. The molecule has 0 spiro atoms. The van der Waals surface area contributed by atoms with Crippen LogP contribution in [0.4, 0.5) is 0 Å². The fourth-order valence-electron chi connectivity index (χ4n) is 1.47. The van der Waals surface area contributed by atoms with Crippen molar-refractivity contribution >= 4 is 11.3 Å². The minimum atomic E-state index is 0.459. The highest BCUT2D eigenvalue weighted by Crippen LogP contribution is 2.22. The van der Waals surface area contributed by atoms with Crippen molar-refractivity contribution in [2.75, 3.05) is 27.7 Å². The predicted molar refractivity (Wildman–Crippen MR) is 59.4 cm³/mol. The van der Waals surface area contributed by atoms with Crippen LogP contribution in [0.25, 0.3) is 0 Å². The lowest BCUT2D eigenvalue weighted by molar-refractivity contribution is 0.352. The number of hydrogen-bond donors (Lipinski definition) is 1. The topological polar surface area (TPSA) is 15.3 Å². The largest absolute Gasteiger partial charge is 0.312 e. The van der Waals surface area contributed by atoms with Crippen LogP contribution >= 0.6 is 11.3 Å². The van der Waals surface area contributed by atoms with Crippen LogP contribution in [0.15, 0.2) is 11.4 Å². The van der Waals surface area contributed by atoms with Gasteiger partial charge in [0.15, 0.2) is 0 Å². The van der Waals surface area contributed by atoms with Crippen LogP contribution in [0.2, 0.25) is 0 Å². The van der Waals surface area contributed by atoms with Crippen LogP contribution in [0, 0.1) is 6.92 Å². The summed E-state index contributed by atoms with van der Waals surface area (Å²) in [6, 6.07) is 2.67. The van der Waals surface area contributed by atoms with Gasteiger partial charge in [-0.3, -0.25) is 0 Å². The van der Waals surface area contributed by atoms with Crippen LogP contribution in [0.1, 0.15) is 16.5 Å². The van der Waals surface area contributed by atoms with E-state index < -0.39 is 0 Å². The molecule has 1 rings (SSSR count). The van der Waals surface area contributed by atoms with Crippen molar-refractivity contribution < 1.29 is 0 Å². The molecule has 1 heterocycles. The average molecular weight is 198 g/mol. The molecule has 0 aliphatic heterocycles. The van der Waals surface area contributed by atoms with Crippen molar-refractivity contribution in [2.24, 2.45) is 0 Å². The van der Waals surface area contributed by atoms with Crippen LogP contribution in [0.3, 0.4) is 0 Å². The van der Waals surface area contributed by atoms with E-state index >= 15 is 0 Å². The van der Waals surface area contributed by atoms with E-state index in [1.54, 1.807) is 0 Å². The van der Waals surface area contributed by atoms with Crippen LogP contribution in [0.5, 0.6) is 0 Å². The molecule has 1 N–H and O–H groups in total. The highest BCUT2D eigenvalue weighted by Gasteiger charge is 2.12. The summed E-state index contributed by atoms with van der Waals surface area (Å²) in [7, 11) is 6.23. The van der Waals surface area contributed by atoms with Crippen molar-refractivity contribution in [2.45, 2.75) is 13.0 Å². The second-order valence-corrected chi connectivity index (χ2v) is 4.66. The molecule has 0 radical (unpaired) electrons. The molecule has 1 aromatic rings. The summed E-state index contributed by atoms with van der Waals surface area (Å²) in [5.41, 5.74) is 1.43. The van der Waals surface area contributed by atoms with Gasteiger partial charge in [-0.1, -0.05) is 0 Å². The smallest absolute Gasteiger partial charge is 0.0457 e. The number of nitrogens with one attached hydrogen (secondary N) is 1. The Balaban J connectivity index is 2.72. The molecule has 3 heteroatoms. The predicted octanol–water partition coefficient (Wildman–Crippen LogP) is 1.88. The van der Waals surface area contributed by atoms with Crippen molar-refractivity contribution in [1.29, 1.82) is 0 Å². The molecule has 74 valence electrons. The molecule has 2 nitrogen and oxygen atoms in total. The fourth-order valence-corrected chi connectivity index (χ4v) is 2.23. The molecular formula is C10H18N2S. The number of aryl methyl sites for hydroxylation is 1. The lowest BCUT2D eigenvalue weighted by Gasteiger charge is -2.20. The maximum absolute atomic E-state index is 3.34. The van der Waals surface area contributed by atoms with E-state index in [-0.39, 0.29) is 0 Å². The standard InChI is InChI=1S/C10H18N2S/c1-8-9(5-6-13-8)10(11-2)7-12(3)4/h5-6,10-11H,7H2,1-4H3. The van der Waals surface area contributed by atoms with Gasteiger partial charge in [-0.05, 0) is 45.1 Å². The molecule has 0 saturated carbocycles. The molecule has 0 saturated heterocycles. The molecule has 0 amide bonds. The van der Waals surface area contributed by atoms with Gasteiger partial charge in [-0.25, -0.2) is 0 Å². The number of likely N-dealkylation sites (N-methyl/N-ethyl adjacent to an activating group) is 2. The summed E-state index contributed by atoms with van der Waals surface area (Å²) in [6.45, 7) is 3.23. The molecule has 1 aromatic heterocycles. The van der Waals surface area contributed by atoms with Crippen LogP contribution < -0.4 is 5.32 Å². The van der Waals surface area contributed by atoms with E-state index in [0.29, 0.717) is 6.04 Å². The van der Waals surface area contributed by atoms with Gasteiger partial charge in [-0.2, -0.15) is 0 Å². The van der Waals surface area contributed by atoms with Gasteiger partial charge in [0.05, 0.1) is 0 Å². The maximum Gasteiger partial charge on any atom is 0.0457 e. The molecule has 0 aliphatic carbocycles. The normalized spacial score (nSPS) is 13.6. The van der Waals surface area contributed by atoms with Gasteiger partial charge in [0, 0.05) is 17.5 Å². The van der Waals surface area contributed by atoms with Gasteiger partial charge >= 0.3 is 0 Å². The van der Waals surface area contributed by atoms with E-state index in [9.17, 15) is 0 Å². The second-order valence-electron chi connectivity index (χ2n) is 3.54. The van der Waals surface area contributed by atoms with Gasteiger partial charge in [0.2, 0.25) is 0 Å². The molecule has 0 aliphatic rings. The molecule has 13 heavy (non-hydrogen) atoms. The maximum atomic E-state index is 3.34. The Hall–Kier alpha value is -0.380. The van der Waals surface area contributed by atoms with Gasteiger partial charge in [0.1, 0.15) is 0 Å². The first-order valence-electron chi connectivity index (χ1n) is 4.51. The zero-order valence-corrected chi connectivity index (χ0v) is 9.61. The lowest BCUT2D eigenvalue weighted by Crippen LogP contribution is -2.28. The zero-order valence-electron chi connectivity index (χ0n) is 8.79. The first kappa shape index (κ1) is 10.7. The molecule has 0 fully saturated rings.